The summed E-state index contributed by atoms with van der Waals surface area (Å²) < 4.78 is 42.2. The van der Waals surface area contributed by atoms with Gasteiger partial charge in [-0.2, -0.15) is 4.39 Å². The van der Waals surface area contributed by atoms with Crippen molar-refractivity contribution in [2.45, 2.75) is 51.4 Å². The minimum absolute atomic E-state index is 0.0135. The van der Waals surface area contributed by atoms with Crippen LogP contribution in [0.3, 0.4) is 0 Å². The van der Waals surface area contributed by atoms with E-state index >= 15 is 0 Å². The highest BCUT2D eigenvalue weighted by Crippen LogP contribution is 2.36. The van der Waals surface area contributed by atoms with E-state index in [1.165, 1.54) is 12.3 Å². The molecule has 1 aromatic carbocycles. The maximum atomic E-state index is 14.7. The quantitative estimate of drug-likeness (QED) is 0.192. The van der Waals surface area contributed by atoms with E-state index in [0.29, 0.717) is 31.0 Å². The van der Waals surface area contributed by atoms with Crippen molar-refractivity contribution in [3.05, 3.63) is 92.0 Å². The molecule has 1 saturated heterocycles. The van der Waals surface area contributed by atoms with Gasteiger partial charge in [0.05, 0.1) is 29.7 Å². The van der Waals surface area contributed by atoms with Gasteiger partial charge in [-0.1, -0.05) is 6.92 Å². The lowest BCUT2D eigenvalue weighted by molar-refractivity contribution is -0.389. The minimum atomic E-state index is -1.12. The Morgan fingerprint density at radius 2 is 2.05 bits per heavy atom. The number of piperidine rings is 1. The highest BCUT2D eigenvalue weighted by atomic mass is 19.2. The highest BCUT2D eigenvalue weighted by molar-refractivity contribution is 5.86. The van der Waals surface area contributed by atoms with Crippen LogP contribution in [-0.2, 0) is 13.1 Å². The van der Waals surface area contributed by atoms with Crippen molar-refractivity contribution in [2.75, 3.05) is 31.7 Å². The fourth-order valence-corrected chi connectivity index (χ4v) is 6.18. The number of aromatic nitrogens is 3. The molecule has 2 atom stereocenters. The molecule has 0 N–H and O–H groups in total. The standard InChI is InChI=1S/C31H32F2N6O5/c1-3-21-18-44-31-28(33)25(32)12-24-29(31)38(21)16-20(30(24)40)15-37(14-19-8-9-34-27(11-19)43-2)23-5-4-10-36(17-23)22-6-7-26(35-13-22)39(41)42/h6-9,11-13,16,21,23H,3-5,10,14-15,17-18H2,1-2H3/t21?,23-/m0/s1. The zero-order valence-electron chi connectivity index (χ0n) is 24.4. The number of halogens is 2. The molecule has 4 aromatic rings. The van der Waals surface area contributed by atoms with E-state index in [1.54, 1.807) is 25.6 Å². The summed E-state index contributed by atoms with van der Waals surface area (Å²) in [6, 6.07) is 7.64. The predicted octanol–water partition coefficient (Wildman–Crippen LogP) is 5.00. The number of anilines is 1. The van der Waals surface area contributed by atoms with E-state index in [-0.39, 0.29) is 53.1 Å². The minimum Gasteiger partial charge on any atom is -0.486 e. The maximum absolute atomic E-state index is 14.7. The largest absolute Gasteiger partial charge is 0.486 e. The summed E-state index contributed by atoms with van der Waals surface area (Å²) in [6.45, 7) is 4.22. The fourth-order valence-electron chi connectivity index (χ4n) is 6.18. The van der Waals surface area contributed by atoms with Crippen LogP contribution in [0.25, 0.3) is 10.9 Å². The Bertz CT molecular complexity index is 1770. The van der Waals surface area contributed by atoms with E-state index in [1.807, 2.05) is 23.6 Å². The third kappa shape index (κ3) is 5.54. The first-order chi connectivity index (χ1) is 21.3. The second kappa shape index (κ2) is 12.2. The van der Waals surface area contributed by atoms with Crippen LogP contribution in [0.15, 0.2) is 53.7 Å². The average molecular weight is 607 g/mol. The van der Waals surface area contributed by atoms with Gasteiger partial charge < -0.3 is 29.1 Å². The zero-order chi connectivity index (χ0) is 31.0. The van der Waals surface area contributed by atoms with Crippen LogP contribution in [0.5, 0.6) is 11.6 Å². The Labute approximate surface area is 251 Å². The molecule has 230 valence electrons. The van der Waals surface area contributed by atoms with Crippen molar-refractivity contribution in [3.63, 3.8) is 0 Å². The number of hydrogen-bond acceptors (Lipinski definition) is 9. The van der Waals surface area contributed by atoms with Crippen LogP contribution in [0.2, 0.25) is 0 Å². The molecular weight excluding hydrogens is 574 g/mol. The van der Waals surface area contributed by atoms with Gasteiger partial charge in [-0.05, 0) is 52.9 Å². The van der Waals surface area contributed by atoms with Crippen molar-refractivity contribution in [3.8, 4) is 11.6 Å². The Kier molecular flexibility index (Phi) is 8.13. The number of benzene rings is 1. The monoisotopic (exact) mass is 606 g/mol. The van der Waals surface area contributed by atoms with E-state index < -0.39 is 16.6 Å². The molecule has 5 heterocycles. The number of nitrogens with zero attached hydrogens (tertiary/aromatic N) is 6. The van der Waals surface area contributed by atoms with Gasteiger partial charge in [0.15, 0.2) is 23.2 Å². The van der Waals surface area contributed by atoms with Gasteiger partial charge in [0.1, 0.15) is 6.61 Å². The normalized spacial score (nSPS) is 18.0. The van der Waals surface area contributed by atoms with Gasteiger partial charge in [0.2, 0.25) is 11.7 Å². The van der Waals surface area contributed by atoms with Crippen LogP contribution in [-0.4, -0.2) is 57.2 Å². The lowest BCUT2D eigenvalue weighted by Crippen LogP contribution is -2.48. The van der Waals surface area contributed by atoms with Crippen LogP contribution in [0.1, 0.15) is 43.4 Å². The molecule has 2 aliphatic rings. The van der Waals surface area contributed by atoms with E-state index in [2.05, 4.69) is 19.8 Å². The SMILES string of the molecule is CCC1COc2c(F)c(F)cc3c(=O)c(CN(Cc4ccnc(OC)c4)[C@H]4CCCN(c5ccc([N+](=O)[O-])nc5)C4)cn1c23. The average Bonchev–Trinajstić information content (AvgIpc) is 3.05. The molecule has 11 nitrogen and oxygen atoms in total. The lowest BCUT2D eigenvalue weighted by Gasteiger charge is -2.40. The van der Waals surface area contributed by atoms with E-state index in [4.69, 9.17) is 9.47 Å². The second-order valence-electron chi connectivity index (χ2n) is 11.1. The summed E-state index contributed by atoms with van der Waals surface area (Å²) in [5.74, 6) is -2.19. The van der Waals surface area contributed by atoms with Crippen molar-refractivity contribution in [1.82, 2.24) is 19.4 Å². The number of methoxy groups -OCH3 is 1. The van der Waals surface area contributed by atoms with Gasteiger partial charge in [0.25, 0.3) is 0 Å². The topological polar surface area (TPSA) is 116 Å². The number of rotatable bonds is 9. The predicted molar refractivity (Wildman–Crippen MR) is 159 cm³/mol. The van der Waals surface area contributed by atoms with Crippen molar-refractivity contribution < 1.29 is 23.2 Å². The summed E-state index contributed by atoms with van der Waals surface area (Å²) in [4.78, 5) is 37.0. The summed E-state index contributed by atoms with van der Waals surface area (Å²) in [7, 11) is 1.55. The van der Waals surface area contributed by atoms with Crippen LogP contribution in [0.4, 0.5) is 20.3 Å². The first-order valence-corrected chi connectivity index (χ1v) is 14.5. The number of pyridine rings is 3. The molecule has 44 heavy (non-hydrogen) atoms. The highest BCUT2D eigenvalue weighted by Gasteiger charge is 2.31. The molecule has 0 aliphatic carbocycles. The van der Waals surface area contributed by atoms with Crippen molar-refractivity contribution in [1.29, 1.82) is 0 Å². The second-order valence-corrected chi connectivity index (χ2v) is 11.1. The first-order valence-electron chi connectivity index (χ1n) is 14.5. The lowest BCUT2D eigenvalue weighted by atomic mass is 10.0. The van der Waals surface area contributed by atoms with Gasteiger partial charge in [-0.15, -0.1) is 0 Å². The van der Waals surface area contributed by atoms with E-state index in [9.17, 15) is 23.7 Å². The van der Waals surface area contributed by atoms with Crippen LogP contribution < -0.4 is 19.8 Å². The Morgan fingerprint density at radius 3 is 2.77 bits per heavy atom. The molecule has 0 amide bonds. The third-order valence-corrected chi connectivity index (χ3v) is 8.49. The molecule has 0 bridgehead atoms. The molecule has 1 unspecified atom stereocenters. The summed E-state index contributed by atoms with van der Waals surface area (Å²) in [5.41, 5.74) is 2.07. The maximum Gasteiger partial charge on any atom is 0.363 e. The number of hydrogen-bond donors (Lipinski definition) is 0. The molecule has 3 aromatic heterocycles. The van der Waals surface area contributed by atoms with Crippen LogP contribution in [0, 0.1) is 21.7 Å². The van der Waals surface area contributed by atoms with Crippen LogP contribution >= 0.6 is 0 Å². The zero-order valence-corrected chi connectivity index (χ0v) is 24.4. The van der Waals surface area contributed by atoms with Crippen molar-refractivity contribution in [2.24, 2.45) is 0 Å². The summed E-state index contributed by atoms with van der Waals surface area (Å²) in [5, 5.41) is 11.2. The molecule has 1 fully saturated rings. The molecule has 6 rings (SSSR count). The number of ether oxygens (including phenoxy) is 2. The van der Waals surface area contributed by atoms with Crippen molar-refractivity contribution >= 4 is 22.4 Å². The molecular formula is C31H32F2N6O5. The van der Waals surface area contributed by atoms with Gasteiger partial charge in [-0.25, -0.2) is 9.37 Å². The molecule has 2 aliphatic heterocycles. The molecule has 0 radical (unpaired) electrons. The summed E-state index contributed by atoms with van der Waals surface area (Å²) >= 11 is 0. The smallest absolute Gasteiger partial charge is 0.363 e. The van der Waals surface area contributed by atoms with Gasteiger partial charge >= 0.3 is 5.82 Å². The Hall–Kier alpha value is -4.65. The van der Waals surface area contributed by atoms with Gasteiger partial charge in [0, 0.05) is 62.3 Å². The number of nitro groups is 1. The third-order valence-electron chi connectivity index (χ3n) is 8.49. The Morgan fingerprint density at radius 1 is 1.20 bits per heavy atom. The molecule has 13 heteroatoms. The van der Waals surface area contributed by atoms with E-state index in [0.717, 1.165) is 36.7 Å². The molecule has 0 spiro atoms. The fraction of sp³-hybridized carbons (Fsp3) is 0.387. The first kappa shape index (κ1) is 29.4. The summed E-state index contributed by atoms with van der Waals surface area (Å²) in [6.07, 6.45) is 7.32. The molecule has 0 saturated carbocycles. The van der Waals surface area contributed by atoms with Gasteiger partial charge in [-0.3, -0.25) is 9.69 Å². The Balaban J connectivity index is 1.39.